The summed E-state index contributed by atoms with van der Waals surface area (Å²) in [6, 6.07) is 1.74. The second-order valence-corrected chi connectivity index (χ2v) is 3.72. The predicted octanol–water partition coefficient (Wildman–Crippen LogP) is 2.51. The fourth-order valence-corrected chi connectivity index (χ4v) is 2.25. The van der Waals surface area contributed by atoms with Gasteiger partial charge in [-0.2, -0.15) is 8.78 Å². The van der Waals surface area contributed by atoms with Gasteiger partial charge in [0, 0.05) is 6.42 Å². The average molecular weight is 188 g/mol. The van der Waals surface area contributed by atoms with Gasteiger partial charge in [-0.1, -0.05) is 0 Å². The normalized spacial score (nSPS) is 20.7. The Labute approximate surface area is 72.0 Å². The number of carbonyl (C=O) groups is 1. The minimum absolute atomic E-state index is 0.242. The first kappa shape index (κ1) is 7.86. The fraction of sp³-hybridized carbons (Fsp3) is 0.375. The first-order chi connectivity index (χ1) is 5.61. The average Bonchev–Trinajstić information content (AvgIpc) is 2.45. The molecule has 0 spiro atoms. The Hall–Kier alpha value is -0.770. The van der Waals surface area contributed by atoms with Gasteiger partial charge in [0.1, 0.15) is 0 Å². The van der Waals surface area contributed by atoms with Crippen molar-refractivity contribution in [2.75, 3.05) is 0 Å². The molecule has 1 heterocycles. The van der Waals surface area contributed by atoms with Gasteiger partial charge in [0.05, 0.1) is 4.88 Å². The largest absolute Gasteiger partial charge is 0.310 e. The summed E-state index contributed by atoms with van der Waals surface area (Å²) in [6.07, 6.45) is -0.0207. The van der Waals surface area contributed by atoms with Crippen molar-refractivity contribution in [2.24, 2.45) is 0 Å². The van der Waals surface area contributed by atoms with Gasteiger partial charge in [0.25, 0.3) is 0 Å². The zero-order chi connectivity index (χ0) is 8.77. The second-order valence-electron chi connectivity index (χ2n) is 2.81. The molecule has 64 valence electrons. The van der Waals surface area contributed by atoms with Gasteiger partial charge in [-0.3, -0.25) is 4.79 Å². The lowest BCUT2D eigenvalue weighted by Gasteiger charge is -2.19. The van der Waals surface area contributed by atoms with Crippen LogP contribution in [-0.2, 0) is 6.42 Å². The summed E-state index contributed by atoms with van der Waals surface area (Å²) < 4.78 is 25.6. The van der Waals surface area contributed by atoms with Crippen molar-refractivity contribution < 1.29 is 13.6 Å². The summed E-state index contributed by atoms with van der Waals surface area (Å²) in [6.45, 7) is 0. The van der Waals surface area contributed by atoms with E-state index in [0.29, 0.717) is 6.42 Å². The summed E-state index contributed by atoms with van der Waals surface area (Å²) in [5.74, 6) is -4.13. The van der Waals surface area contributed by atoms with Gasteiger partial charge < -0.3 is 0 Å². The lowest BCUT2D eigenvalue weighted by Crippen LogP contribution is -2.32. The number of fused-ring (bicyclic) bond motifs is 1. The fourth-order valence-electron chi connectivity index (χ4n) is 1.30. The van der Waals surface area contributed by atoms with Crippen LogP contribution in [0.25, 0.3) is 0 Å². The van der Waals surface area contributed by atoms with Gasteiger partial charge in [-0.15, -0.1) is 11.3 Å². The van der Waals surface area contributed by atoms with Crippen LogP contribution >= 0.6 is 11.3 Å². The molecule has 1 aliphatic carbocycles. The number of halogens is 2. The van der Waals surface area contributed by atoms with Gasteiger partial charge in [0.15, 0.2) is 0 Å². The SMILES string of the molecule is O=C1c2sccc2CCC1(F)F. The van der Waals surface area contributed by atoms with Crippen molar-refractivity contribution in [3.05, 3.63) is 21.9 Å². The van der Waals surface area contributed by atoms with E-state index in [1.165, 1.54) is 0 Å². The third-order valence-electron chi connectivity index (χ3n) is 1.99. The summed E-state index contributed by atoms with van der Waals surface area (Å²) >= 11 is 1.11. The summed E-state index contributed by atoms with van der Waals surface area (Å²) in [5, 5.41) is 1.68. The van der Waals surface area contributed by atoms with E-state index in [4.69, 9.17) is 0 Å². The zero-order valence-corrected chi connectivity index (χ0v) is 6.96. The molecule has 1 nitrogen and oxygen atoms in total. The number of hydrogen-bond donors (Lipinski definition) is 0. The molecular weight excluding hydrogens is 182 g/mol. The molecule has 0 N–H and O–H groups in total. The number of rotatable bonds is 0. The number of ketones is 1. The number of aryl methyl sites for hydroxylation is 1. The van der Waals surface area contributed by atoms with Crippen LogP contribution in [0.4, 0.5) is 8.78 Å². The zero-order valence-electron chi connectivity index (χ0n) is 6.14. The summed E-state index contributed by atoms with van der Waals surface area (Å²) in [4.78, 5) is 11.3. The molecule has 4 heteroatoms. The summed E-state index contributed by atoms with van der Waals surface area (Å²) in [5.41, 5.74) is 0.774. The van der Waals surface area contributed by atoms with E-state index in [-0.39, 0.29) is 11.3 Å². The minimum atomic E-state index is -3.13. The number of Topliss-reactive ketones (excluding diaryl/α,β-unsaturated/α-hetero) is 1. The molecular formula is C8H6F2OS. The Balaban J connectivity index is 2.49. The van der Waals surface area contributed by atoms with Crippen molar-refractivity contribution in [3.8, 4) is 0 Å². The first-order valence-electron chi connectivity index (χ1n) is 3.60. The lowest BCUT2D eigenvalue weighted by molar-refractivity contribution is 0.00261. The molecule has 0 aliphatic heterocycles. The van der Waals surface area contributed by atoms with Crippen LogP contribution in [0.5, 0.6) is 0 Å². The van der Waals surface area contributed by atoms with Crippen molar-refractivity contribution in [2.45, 2.75) is 18.8 Å². The number of thiophene rings is 1. The van der Waals surface area contributed by atoms with Crippen LogP contribution in [0.1, 0.15) is 21.7 Å². The van der Waals surface area contributed by atoms with E-state index in [0.717, 1.165) is 16.9 Å². The molecule has 0 bridgehead atoms. The van der Waals surface area contributed by atoms with Crippen LogP contribution in [-0.4, -0.2) is 11.7 Å². The van der Waals surface area contributed by atoms with E-state index in [1.807, 2.05) is 0 Å². The molecule has 0 radical (unpaired) electrons. The minimum Gasteiger partial charge on any atom is -0.286 e. The highest BCUT2D eigenvalue weighted by atomic mass is 32.1. The van der Waals surface area contributed by atoms with Crippen LogP contribution in [0.2, 0.25) is 0 Å². The molecule has 1 aromatic rings. The number of carbonyl (C=O) groups excluding carboxylic acids is 1. The molecule has 1 aliphatic rings. The van der Waals surface area contributed by atoms with E-state index in [9.17, 15) is 13.6 Å². The molecule has 1 aromatic heterocycles. The Kier molecular flexibility index (Phi) is 1.54. The predicted molar refractivity (Wildman–Crippen MR) is 41.9 cm³/mol. The molecule has 12 heavy (non-hydrogen) atoms. The molecule has 2 rings (SSSR count). The molecule has 0 aromatic carbocycles. The third-order valence-corrected chi connectivity index (χ3v) is 2.95. The lowest BCUT2D eigenvalue weighted by atomic mass is 9.95. The maximum absolute atomic E-state index is 12.8. The topological polar surface area (TPSA) is 17.1 Å². The highest BCUT2D eigenvalue weighted by Crippen LogP contribution is 2.35. The molecule has 0 atom stereocenters. The van der Waals surface area contributed by atoms with E-state index < -0.39 is 11.7 Å². The first-order valence-corrected chi connectivity index (χ1v) is 4.48. The van der Waals surface area contributed by atoms with Gasteiger partial charge in [-0.25, -0.2) is 0 Å². The third kappa shape index (κ3) is 0.982. The van der Waals surface area contributed by atoms with Crippen molar-refractivity contribution >= 4 is 17.1 Å². The van der Waals surface area contributed by atoms with Crippen molar-refractivity contribution in [3.63, 3.8) is 0 Å². The van der Waals surface area contributed by atoms with Crippen LogP contribution in [0.3, 0.4) is 0 Å². The van der Waals surface area contributed by atoms with Gasteiger partial charge >= 0.3 is 5.92 Å². The maximum atomic E-state index is 12.8. The Morgan fingerprint density at radius 2 is 2.25 bits per heavy atom. The smallest absolute Gasteiger partial charge is 0.286 e. The number of alkyl halides is 2. The molecule has 0 amide bonds. The Morgan fingerprint density at radius 1 is 1.50 bits per heavy atom. The monoisotopic (exact) mass is 188 g/mol. The van der Waals surface area contributed by atoms with Gasteiger partial charge in [-0.05, 0) is 23.4 Å². The van der Waals surface area contributed by atoms with E-state index >= 15 is 0 Å². The van der Waals surface area contributed by atoms with Crippen LogP contribution in [0, 0.1) is 0 Å². The Bertz CT molecular complexity index is 330. The van der Waals surface area contributed by atoms with Crippen LogP contribution < -0.4 is 0 Å². The highest BCUT2D eigenvalue weighted by molar-refractivity contribution is 7.12. The standard InChI is InChI=1S/C8H6F2OS/c9-8(10)3-1-5-2-4-12-6(5)7(8)11/h2,4H,1,3H2. The molecule has 0 unspecified atom stereocenters. The van der Waals surface area contributed by atoms with Crippen molar-refractivity contribution in [1.29, 1.82) is 0 Å². The van der Waals surface area contributed by atoms with Crippen LogP contribution in [0.15, 0.2) is 11.4 Å². The molecule has 0 fully saturated rings. The highest BCUT2D eigenvalue weighted by Gasteiger charge is 2.43. The van der Waals surface area contributed by atoms with Gasteiger partial charge in [0.2, 0.25) is 5.78 Å². The Morgan fingerprint density at radius 3 is 3.00 bits per heavy atom. The maximum Gasteiger partial charge on any atom is 0.310 e. The summed E-state index contributed by atoms with van der Waals surface area (Å²) in [7, 11) is 0. The van der Waals surface area contributed by atoms with E-state index in [1.54, 1.807) is 11.4 Å². The molecule has 0 saturated carbocycles. The quantitative estimate of drug-likeness (QED) is 0.611. The molecule has 0 saturated heterocycles. The number of hydrogen-bond acceptors (Lipinski definition) is 2. The van der Waals surface area contributed by atoms with E-state index in [2.05, 4.69) is 0 Å². The van der Waals surface area contributed by atoms with Crippen molar-refractivity contribution in [1.82, 2.24) is 0 Å². The second kappa shape index (κ2) is 2.36.